The highest BCUT2D eigenvalue weighted by Crippen LogP contribution is 2.12. The smallest absolute Gasteiger partial charge is 0.0107 e. The lowest BCUT2D eigenvalue weighted by atomic mass is 10.0. The molecule has 1 N–H and O–H groups in total. The summed E-state index contributed by atoms with van der Waals surface area (Å²) in [6.07, 6.45) is 3.90. The Balaban J connectivity index is 2.10. The van der Waals surface area contributed by atoms with E-state index in [1.165, 1.54) is 52.0 Å². The van der Waals surface area contributed by atoms with Gasteiger partial charge in [0.2, 0.25) is 0 Å². The van der Waals surface area contributed by atoms with Gasteiger partial charge in [0.15, 0.2) is 0 Å². The first-order valence-electron chi connectivity index (χ1n) is 7.87. The molecule has 0 amide bonds. The second-order valence-corrected chi connectivity index (χ2v) is 5.79. The third kappa shape index (κ3) is 5.68. The van der Waals surface area contributed by atoms with Crippen molar-refractivity contribution in [1.29, 1.82) is 0 Å². The fourth-order valence-electron chi connectivity index (χ4n) is 2.79. The molecule has 0 saturated carbocycles. The first kappa shape index (κ1) is 15.9. The summed E-state index contributed by atoms with van der Waals surface area (Å²) in [6, 6.07) is 1.46. The average molecular weight is 255 g/mol. The molecule has 18 heavy (non-hydrogen) atoms. The zero-order valence-corrected chi connectivity index (χ0v) is 12.9. The summed E-state index contributed by atoms with van der Waals surface area (Å²) in [4.78, 5) is 5.13. The summed E-state index contributed by atoms with van der Waals surface area (Å²) in [7, 11) is 0. The summed E-state index contributed by atoms with van der Waals surface area (Å²) in [5, 5.41) is 3.74. The number of nitrogens with one attached hydrogen (secondary N) is 1. The summed E-state index contributed by atoms with van der Waals surface area (Å²) in [5.74, 6) is 0. The Labute approximate surface area is 114 Å². The second-order valence-electron chi connectivity index (χ2n) is 5.79. The summed E-state index contributed by atoms with van der Waals surface area (Å²) in [5.41, 5.74) is 0. The summed E-state index contributed by atoms with van der Waals surface area (Å²) in [6.45, 7) is 16.4. The largest absolute Gasteiger partial charge is 0.313 e. The molecule has 1 aliphatic heterocycles. The minimum atomic E-state index is 0.714. The van der Waals surface area contributed by atoms with Crippen molar-refractivity contribution in [3.63, 3.8) is 0 Å². The van der Waals surface area contributed by atoms with Crippen LogP contribution in [0.15, 0.2) is 0 Å². The van der Waals surface area contributed by atoms with E-state index in [9.17, 15) is 0 Å². The Morgan fingerprint density at radius 2 is 1.83 bits per heavy atom. The lowest BCUT2D eigenvalue weighted by Gasteiger charge is -2.35. The van der Waals surface area contributed by atoms with Crippen LogP contribution >= 0.6 is 0 Å². The van der Waals surface area contributed by atoms with Gasteiger partial charge in [-0.2, -0.15) is 0 Å². The van der Waals surface area contributed by atoms with Crippen LogP contribution in [0.1, 0.15) is 47.0 Å². The molecule has 108 valence electrons. The molecule has 3 heteroatoms. The molecule has 0 aliphatic carbocycles. The Morgan fingerprint density at radius 1 is 1.17 bits per heavy atom. The normalized spacial score (nSPS) is 19.0. The molecule has 1 saturated heterocycles. The lowest BCUT2D eigenvalue weighted by Crippen LogP contribution is -2.46. The van der Waals surface area contributed by atoms with Crippen LogP contribution in [-0.2, 0) is 0 Å². The van der Waals surface area contributed by atoms with E-state index in [1.54, 1.807) is 0 Å². The highest BCUT2D eigenvalue weighted by Gasteiger charge is 2.20. The van der Waals surface area contributed by atoms with Crippen LogP contribution in [0.5, 0.6) is 0 Å². The minimum absolute atomic E-state index is 0.714. The molecule has 0 aromatic heterocycles. The Bertz CT molecular complexity index is 198. The highest BCUT2D eigenvalue weighted by atomic mass is 15.2. The maximum absolute atomic E-state index is 3.74. The van der Waals surface area contributed by atoms with Crippen molar-refractivity contribution in [1.82, 2.24) is 15.1 Å². The van der Waals surface area contributed by atoms with E-state index in [2.05, 4.69) is 42.8 Å². The van der Waals surface area contributed by atoms with Gasteiger partial charge in [-0.1, -0.05) is 13.8 Å². The first-order chi connectivity index (χ1) is 8.67. The third-order valence-corrected chi connectivity index (χ3v) is 4.11. The summed E-state index contributed by atoms with van der Waals surface area (Å²) >= 11 is 0. The van der Waals surface area contributed by atoms with Gasteiger partial charge in [0, 0.05) is 25.2 Å². The Morgan fingerprint density at radius 3 is 2.33 bits per heavy atom. The van der Waals surface area contributed by atoms with E-state index >= 15 is 0 Å². The van der Waals surface area contributed by atoms with Crippen LogP contribution in [0, 0.1) is 0 Å². The number of likely N-dealkylation sites (tertiary alicyclic amines) is 1. The van der Waals surface area contributed by atoms with Gasteiger partial charge in [0.25, 0.3) is 0 Å². The molecule has 0 atom stereocenters. The molecule has 1 fully saturated rings. The number of piperidine rings is 1. The third-order valence-electron chi connectivity index (χ3n) is 4.11. The van der Waals surface area contributed by atoms with Crippen LogP contribution in [0.3, 0.4) is 0 Å². The molecule has 0 bridgehead atoms. The quantitative estimate of drug-likeness (QED) is 0.717. The van der Waals surface area contributed by atoms with Crippen LogP contribution in [0.25, 0.3) is 0 Å². The van der Waals surface area contributed by atoms with E-state index in [4.69, 9.17) is 0 Å². The van der Waals surface area contributed by atoms with E-state index in [1.807, 2.05) is 0 Å². The number of likely N-dealkylation sites (N-methyl/N-ethyl adjacent to an activating group) is 1. The van der Waals surface area contributed by atoms with Gasteiger partial charge in [0.1, 0.15) is 0 Å². The Kier molecular flexibility index (Phi) is 7.87. The molecule has 0 aromatic carbocycles. The molecule has 3 nitrogen and oxygen atoms in total. The predicted octanol–water partition coefficient (Wildman–Crippen LogP) is 2.18. The average Bonchev–Trinajstić information content (AvgIpc) is 2.38. The van der Waals surface area contributed by atoms with Crippen molar-refractivity contribution in [3.05, 3.63) is 0 Å². The van der Waals surface area contributed by atoms with Gasteiger partial charge in [-0.3, -0.25) is 0 Å². The number of nitrogens with zero attached hydrogens (tertiary/aromatic N) is 2. The number of rotatable bonds is 8. The van der Waals surface area contributed by atoms with Gasteiger partial charge in [-0.05, 0) is 59.3 Å². The summed E-state index contributed by atoms with van der Waals surface area (Å²) < 4.78 is 0. The maximum Gasteiger partial charge on any atom is 0.0107 e. The van der Waals surface area contributed by atoms with Gasteiger partial charge in [-0.15, -0.1) is 0 Å². The topological polar surface area (TPSA) is 18.5 Å². The zero-order valence-electron chi connectivity index (χ0n) is 12.9. The van der Waals surface area contributed by atoms with Crippen LogP contribution in [0.2, 0.25) is 0 Å². The number of hydrogen-bond acceptors (Lipinski definition) is 3. The molecular formula is C15H33N3. The fourth-order valence-corrected chi connectivity index (χ4v) is 2.79. The SMILES string of the molecule is CCCN(CC)CCNC1CCN(C(C)C)CC1. The van der Waals surface area contributed by atoms with Crippen molar-refractivity contribution in [3.8, 4) is 0 Å². The standard InChI is InChI=1S/C15H33N3/c1-5-10-17(6-2)13-9-16-15-7-11-18(12-8-15)14(3)4/h14-16H,5-13H2,1-4H3. The van der Waals surface area contributed by atoms with Gasteiger partial charge >= 0.3 is 0 Å². The number of hydrogen-bond donors (Lipinski definition) is 1. The molecule has 0 aromatic rings. The lowest BCUT2D eigenvalue weighted by molar-refractivity contribution is 0.159. The van der Waals surface area contributed by atoms with Crippen molar-refractivity contribution in [2.75, 3.05) is 39.3 Å². The van der Waals surface area contributed by atoms with Crippen molar-refractivity contribution in [2.45, 2.75) is 59.0 Å². The first-order valence-corrected chi connectivity index (χ1v) is 7.87. The van der Waals surface area contributed by atoms with E-state index in [0.29, 0.717) is 6.04 Å². The molecule has 1 heterocycles. The molecule has 0 unspecified atom stereocenters. The van der Waals surface area contributed by atoms with Crippen molar-refractivity contribution >= 4 is 0 Å². The van der Waals surface area contributed by atoms with Crippen molar-refractivity contribution in [2.24, 2.45) is 0 Å². The molecular weight excluding hydrogens is 222 g/mol. The monoisotopic (exact) mass is 255 g/mol. The molecule has 0 spiro atoms. The van der Waals surface area contributed by atoms with Crippen LogP contribution < -0.4 is 5.32 Å². The zero-order chi connectivity index (χ0) is 13.4. The van der Waals surface area contributed by atoms with Crippen LogP contribution in [-0.4, -0.2) is 61.2 Å². The minimum Gasteiger partial charge on any atom is -0.313 e. The van der Waals surface area contributed by atoms with E-state index in [0.717, 1.165) is 12.6 Å². The van der Waals surface area contributed by atoms with Gasteiger partial charge < -0.3 is 15.1 Å². The maximum atomic E-state index is 3.74. The van der Waals surface area contributed by atoms with E-state index < -0.39 is 0 Å². The predicted molar refractivity (Wildman–Crippen MR) is 80.1 cm³/mol. The van der Waals surface area contributed by atoms with E-state index in [-0.39, 0.29) is 0 Å². The fraction of sp³-hybridized carbons (Fsp3) is 1.00. The van der Waals surface area contributed by atoms with Gasteiger partial charge in [0.05, 0.1) is 0 Å². The Hall–Kier alpha value is -0.120. The van der Waals surface area contributed by atoms with Crippen molar-refractivity contribution < 1.29 is 0 Å². The van der Waals surface area contributed by atoms with Crippen LogP contribution in [0.4, 0.5) is 0 Å². The second kappa shape index (κ2) is 8.89. The molecule has 0 radical (unpaired) electrons. The molecule has 1 rings (SSSR count). The highest BCUT2D eigenvalue weighted by molar-refractivity contribution is 4.79. The molecule has 1 aliphatic rings. The van der Waals surface area contributed by atoms with Gasteiger partial charge in [-0.25, -0.2) is 0 Å².